The summed E-state index contributed by atoms with van der Waals surface area (Å²) < 4.78 is 64.6. The first-order valence-corrected chi connectivity index (χ1v) is 10.4. The molecule has 1 aliphatic carbocycles. The van der Waals surface area contributed by atoms with Crippen molar-refractivity contribution in [1.82, 2.24) is 0 Å². The number of halogens is 3. The first-order chi connectivity index (χ1) is 8.72. The Morgan fingerprint density at radius 1 is 1.10 bits per heavy atom. The minimum atomic E-state index is -5.57. The van der Waals surface area contributed by atoms with Crippen LogP contribution in [0, 0.1) is 5.92 Å². The molecule has 0 amide bonds. The van der Waals surface area contributed by atoms with E-state index in [1.54, 1.807) is 6.92 Å². The maximum Gasteiger partial charge on any atom is 0.522 e. The molecule has 0 saturated heterocycles. The Morgan fingerprint density at radius 2 is 1.55 bits per heavy atom. The van der Waals surface area contributed by atoms with Gasteiger partial charge in [0.2, 0.25) is 8.32 Å². The van der Waals surface area contributed by atoms with E-state index in [0.717, 1.165) is 16.7 Å². The minimum absolute atomic E-state index is 0.0832. The van der Waals surface area contributed by atoms with Gasteiger partial charge in [-0.15, -0.1) is 0 Å². The summed E-state index contributed by atoms with van der Waals surface area (Å²) in [5.74, 6) is -0.0832. The van der Waals surface area contributed by atoms with E-state index < -0.39 is 23.9 Å². The van der Waals surface area contributed by atoms with Gasteiger partial charge in [-0.1, -0.05) is 12.5 Å². The van der Waals surface area contributed by atoms with Crippen LogP contribution in [0.3, 0.4) is 0 Å². The van der Waals surface area contributed by atoms with E-state index in [0.29, 0.717) is 5.20 Å². The Bertz CT molecular complexity index is 586. The van der Waals surface area contributed by atoms with Crippen LogP contribution in [0.4, 0.5) is 13.2 Å². The highest BCUT2D eigenvalue weighted by atomic mass is 32.2. The van der Waals surface area contributed by atoms with Crippen LogP contribution in [-0.2, 0) is 14.0 Å². The summed E-state index contributed by atoms with van der Waals surface area (Å²) in [6.45, 7) is 10.4. The third-order valence-electron chi connectivity index (χ3n) is 3.89. The number of hydrogen-bond donors (Lipinski definition) is 0. The number of rotatable bonds is 3. The zero-order chi connectivity index (χ0) is 16.1. The second-order valence-corrected chi connectivity index (χ2v) is 11.2. The molecule has 1 aliphatic rings. The molecular weight excluding hydrogens is 309 g/mol. The molecule has 0 radical (unpaired) electrons. The molecule has 0 aromatic rings. The van der Waals surface area contributed by atoms with E-state index in [9.17, 15) is 21.6 Å². The number of hydrogen-bond acceptors (Lipinski definition) is 3. The summed E-state index contributed by atoms with van der Waals surface area (Å²) in [7, 11) is -8.76. The second-order valence-electron chi connectivity index (χ2n) is 5.56. The Hall–Kier alpha value is -0.603. The lowest BCUT2D eigenvalue weighted by atomic mass is 10.1. The molecule has 0 heterocycles. The lowest BCUT2D eigenvalue weighted by Gasteiger charge is -2.28. The molecule has 8 heteroatoms. The lowest BCUT2D eigenvalue weighted by molar-refractivity contribution is -0.0503. The van der Waals surface area contributed by atoms with Gasteiger partial charge in [0.25, 0.3) is 0 Å². The van der Waals surface area contributed by atoms with Crippen LogP contribution >= 0.6 is 0 Å². The summed E-state index contributed by atoms with van der Waals surface area (Å²) in [6, 6.07) is 0. The van der Waals surface area contributed by atoms with Crippen molar-refractivity contribution < 1.29 is 25.5 Å². The molecular formula is C12H19F3O3SSi. The Kier molecular flexibility index (Phi) is 4.36. The van der Waals surface area contributed by atoms with Crippen molar-refractivity contribution in [2.75, 3.05) is 0 Å². The molecule has 0 fully saturated rings. The van der Waals surface area contributed by atoms with Crippen LogP contribution < -0.4 is 0 Å². The van der Waals surface area contributed by atoms with Crippen molar-refractivity contribution in [3.63, 3.8) is 0 Å². The van der Waals surface area contributed by atoms with Crippen molar-refractivity contribution in [2.45, 2.75) is 46.3 Å². The fourth-order valence-corrected chi connectivity index (χ4v) is 7.98. The molecule has 20 heavy (non-hydrogen) atoms. The minimum Gasteiger partial charge on any atom is -0.303 e. The molecule has 116 valence electrons. The van der Waals surface area contributed by atoms with Crippen molar-refractivity contribution >= 4 is 18.4 Å². The van der Waals surface area contributed by atoms with Crippen LogP contribution in [0.2, 0.25) is 13.1 Å². The standard InChI is InChI=1S/C12H19F3O3SSi/c1-7-8(2)10(4)11(9(7)3)20(5,6)18-19(16,17)12(13,14)15/h9H,1-6H3. The van der Waals surface area contributed by atoms with Crippen LogP contribution in [-0.4, -0.2) is 22.2 Å². The van der Waals surface area contributed by atoms with Crippen LogP contribution in [0.15, 0.2) is 21.9 Å². The van der Waals surface area contributed by atoms with Crippen molar-refractivity contribution in [1.29, 1.82) is 0 Å². The van der Waals surface area contributed by atoms with Gasteiger partial charge in [0.05, 0.1) is 0 Å². The molecule has 3 nitrogen and oxygen atoms in total. The van der Waals surface area contributed by atoms with Gasteiger partial charge in [-0.3, -0.25) is 0 Å². The third-order valence-corrected chi connectivity index (χ3v) is 9.11. The van der Waals surface area contributed by atoms with Gasteiger partial charge >= 0.3 is 15.6 Å². The van der Waals surface area contributed by atoms with E-state index in [4.69, 9.17) is 0 Å². The molecule has 0 bridgehead atoms. The number of allylic oxidation sites excluding steroid dienone is 4. The first-order valence-electron chi connectivity index (χ1n) is 6.13. The highest BCUT2D eigenvalue weighted by Crippen LogP contribution is 2.43. The normalized spacial score (nSPS) is 21.9. The quantitative estimate of drug-likeness (QED) is 0.583. The highest BCUT2D eigenvalue weighted by molar-refractivity contribution is 7.88. The fourth-order valence-electron chi connectivity index (χ4n) is 2.70. The summed E-state index contributed by atoms with van der Waals surface area (Å²) in [5, 5.41) is 0.709. The predicted molar refractivity (Wildman–Crippen MR) is 73.8 cm³/mol. The third kappa shape index (κ3) is 2.87. The van der Waals surface area contributed by atoms with Crippen molar-refractivity contribution in [2.24, 2.45) is 5.92 Å². The SMILES string of the molecule is CC1=C(C)C(C)C([Si](C)(C)OS(=O)(=O)C(F)(F)F)=C1C. The number of alkyl halides is 3. The molecule has 0 spiro atoms. The fraction of sp³-hybridized carbons (Fsp3) is 0.667. The summed E-state index contributed by atoms with van der Waals surface area (Å²) in [6.07, 6.45) is 0. The molecule has 0 aromatic heterocycles. The summed E-state index contributed by atoms with van der Waals surface area (Å²) in [4.78, 5) is 0. The second kappa shape index (κ2) is 4.99. The van der Waals surface area contributed by atoms with E-state index in [-0.39, 0.29) is 5.92 Å². The summed E-state index contributed by atoms with van der Waals surface area (Å²) in [5.41, 5.74) is -2.48. The maximum absolute atomic E-state index is 12.5. The van der Waals surface area contributed by atoms with Crippen molar-refractivity contribution in [3.8, 4) is 0 Å². The van der Waals surface area contributed by atoms with Gasteiger partial charge in [0.1, 0.15) is 0 Å². The monoisotopic (exact) mass is 328 g/mol. The van der Waals surface area contributed by atoms with E-state index >= 15 is 0 Å². The highest BCUT2D eigenvalue weighted by Gasteiger charge is 2.52. The average molecular weight is 328 g/mol. The Morgan fingerprint density at radius 3 is 1.85 bits per heavy atom. The van der Waals surface area contributed by atoms with E-state index in [2.05, 4.69) is 3.87 Å². The Labute approximate surface area is 118 Å². The van der Waals surface area contributed by atoms with Gasteiger partial charge in [0.15, 0.2) is 0 Å². The topological polar surface area (TPSA) is 43.4 Å². The van der Waals surface area contributed by atoms with Crippen molar-refractivity contribution in [3.05, 3.63) is 21.9 Å². The molecule has 0 aliphatic heterocycles. The van der Waals surface area contributed by atoms with Gasteiger partial charge in [-0.25, -0.2) is 0 Å². The van der Waals surface area contributed by atoms with Gasteiger partial charge in [-0.05, 0) is 56.1 Å². The zero-order valence-electron chi connectivity index (χ0n) is 12.3. The molecule has 1 unspecified atom stereocenters. The Balaban J connectivity index is 3.22. The van der Waals surface area contributed by atoms with Gasteiger partial charge in [0, 0.05) is 0 Å². The van der Waals surface area contributed by atoms with Crippen LogP contribution in [0.5, 0.6) is 0 Å². The molecule has 0 saturated carbocycles. The van der Waals surface area contributed by atoms with E-state index in [1.807, 2.05) is 20.8 Å². The van der Waals surface area contributed by atoms with E-state index in [1.165, 1.54) is 13.1 Å². The zero-order valence-corrected chi connectivity index (χ0v) is 14.2. The largest absolute Gasteiger partial charge is 0.522 e. The first kappa shape index (κ1) is 17.4. The molecule has 0 N–H and O–H groups in total. The van der Waals surface area contributed by atoms with Crippen LogP contribution in [0.25, 0.3) is 0 Å². The average Bonchev–Trinajstić information content (AvgIpc) is 2.40. The molecule has 1 rings (SSSR count). The lowest BCUT2D eigenvalue weighted by Crippen LogP contribution is -2.42. The van der Waals surface area contributed by atoms with Gasteiger partial charge < -0.3 is 3.87 Å². The molecule has 1 atom stereocenters. The molecule has 0 aromatic carbocycles. The van der Waals surface area contributed by atoms with Crippen LogP contribution in [0.1, 0.15) is 27.7 Å². The van der Waals surface area contributed by atoms with Gasteiger partial charge in [-0.2, -0.15) is 21.6 Å². The maximum atomic E-state index is 12.5. The smallest absolute Gasteiger partial charge is 0.303 e. The summed E-state index contributed by atoms with van der Waals surface area (Å²) >= 11 is 0. The predicted octanol–water partition coefficient (Wildman–Crippen LogP) is 3.90.